The number of aryl methyl sites for hydroxylation is 1. The molecule has 7 heteroatoms. The van der Waals surface area contributed by atoms with E-state index in [0.717, 1.165) is 22.6 Å². The van der Waals surface area contributed by atoms with Crippen LogP contribution in [-0.4, -0.2) is 20.6 Å². The molecule has 2 atom stereocenters. The minimum absolute atomic E-state index is 0.00654. The third-order valence-electron chi connectivity index (χ3n) is 6.04. The average molecular weight is 462 g/mol. The van der Waals surface area contributed by atoms with Gasteiger partial charge >= 0.3 is 0 Å². The lowest BCUT2D eigenvalue weighted by Gasteiger charge is -2.30. The zero-order valence-corrected chi connectivity index (χ0v) is 20.6. The molecule has 6 nitrogen and oxygen atoms in total. The first-order chi connectivity index (χ1) is 15.8. The maximum atomic E-state index is 12.2. The Morgan fingerprint density at radius 1 is 1.12 bits per heavy atom. The molecular formula is C26H31N5OS. The number of carbonyl (C=O) groups excluding carboxylic acids is 1. The van der Waals surface area contributed by atoms with Crippen molar-refractivity contribution in [3.63, 3.8) is 0 Å². The number of hydrogen-bond acceptors (Lipinski definition) is 3. The molecule has 1 aromatic carbocycles. The number of amides is 1. The summed E-state index contributed by atoms with van der Waals surface area (Å²) in [5, 5.41) is 7.19. The fourth-order valence-corrected chi connectivity index (χ4v) is 4.62. The van der Waals surface area contributed by atoms with E-state index in [2.05, 4.69) is 63.3 Å². The first-order valence-electron chi connectivity index (χ1n) is 11.4. The van der Waals surface area contributed by atoms with Crippen molar-refractivity contribution >= 4 is 34.6 Å². The molecule has 0 unspecified atom stereocenters. The lowest BCUT2D eigenvalue weighted by Crippen LogP contribution is -2.30. The van der Waals surface area contributed by atoms with E-state index in [9.17, 15) is 4.79 Å². The van der Waals surface area contributed by atoms with Gasteiger partial charge in [-0.25, -0.2) is 0 Å². The van der Waals surface area contributed by atoms with E-state index in [1.807, 2.05) is 57.3 Å². The standard InChI is InChI=1S/C26H31N5OS/c1-16(2)25(32)28-20-12-11-19(15-18(20)5)31-24(22-10-8-14-30(22)17(3)4)23(29-26(31)33)21-9-6-7-13-27-21/h6-17,23-24H,1-5H3,(H,28,32)(H,29,33)/t23-,24+/m0/s1. The van der Waals surface area contributed by atoms with Crippen LogP contribution in [0.1, 0.15) is 62.8 Å². The predicted octanol–water partition coefficient (Wildman–Crippen LogP) is 5.54. The molecular weight excluding hydrogens is 430 g/mol. The van der Waals surface area contributed by atoms with Crippen molar-refractivity contribution in [2.75, 3.05) is 10.2 Å². The van der Waals surface area contributed by atoms with Crippen LogP contribution in [0.15, 0.2) is 60.9 Å². The van der Waals surface area contributed by atoms with E-state index >= 15 is 0 Å². The monoisotopic (exact) mass is 461 g/mol. The Morgan fingerprint density at radius 2 is 1.91 bits per heavy atom. The third-order valence-corrected chi connectivity index (χ3v) is 6.35. The fourth-order valence-electron chi connectivity index (χ4n) is 4.28. The SMILES string of the molecule is Cc1cc(N2C(=S)N[C@@H](c3ccccn3)[C@H]2c2cccn2C(C)C)ccc1NC(=O)C(C)C. The number of pyridine rings is 1. The normalized spacial score (nSPS) is 18.2. The molecule has 1 aliphatic rings. The van der Waals surface area contributed by atoms with Crippen LogP contribution in [0, 0.1) is 12.8 Å². The molecule has 0 bridgehead atoms. The van der Waals surface area contributed by atoms with E-state index in [0.29, 0.717) is 11.2 Å². The van der Waals surface area contributed by atoms with Crippen molar-refractivity contribution in [3.05, 3.63) is 77.9 Å². The molecule has 2 N–H and O–H groups in total. The summed E-state index contributed by atoms with van der Waals surface area (Å²) in [6.07, 6.45) is 3.93. The highest BCUT2D eigenvalue weighted by Gasteiger charge is 2.42. The molecule has 4 rings (SSSR count). The maximum absolute atomic E-state index is 12.2. The molecule has 0 saturated carbocycles. The molecule has 1 saturated heterocycles. The number of benzene rings is 1. The third kappa shape index (κ3) is 4.50. The maximum Gasteiger partial charge on any atom is 0.226 e. The van der Waals surface area contributed by atoms with Crippen molar-refractivity contribution < 1.29 is 4.79 Å². The van der Waals surface area contributed by atoms with E-state index in [1.165, 1.54) is 5.69 Å². The van der Waals surface area contributed by atoms with Crippen molar-refractivity contribution in [2.24, 2.45) is 5.92 Å². The van der Waals surface area contributed by atoms with Gasteiger partial charge in [-0.3, -0.25) is 9.78 Å². The van der Waals surface area contributed by atoms with Gasteiger partial charge in [-0.05, 0) is 81.0 Å². The van der Waals surface area contributed by atoms with Crippen LogP contribution < -0.4 is 15.5 Å². The average Bonchev–Trinajstić information content (AvgIpc) is 3.40. The number of aromatic nitrogens is 2. The van der Waals surface area contributed by atoms with E-state index in [4.69, 9.17) is 12.2 Å². The topological polar surface area (TPSA) is 62.2 Å². The lowest BCUT2D eigenvalue weighted by atomic mass is 10.00. The number of nitrogens with one attached hydrogen (secondary N) is 2. The Labute approximate surface area is 201 Å². The van der Waals surface area contributed by atoms with Crippen LogP contribution in [0.2, 0.25) is 0 Å². The molecule has 1 fully saturated rings. The number of thiocarbonyl (C=S) groups is 1. The smallest absolute Gasteiger partial charge is 0.226 e. The number of rotatable bonds is 6. The number of hydrogen-bond donors (Lipinski definition) is 2. The van der Waals surface area contributed by atoms with Crippen molar-refractivity contribution in [1.29, 1.82) is 0 Å². The van der Waals surface area contributed by atoms with Crippen LogP contribution in [0.3, 0.4) is 0 Å². The molecule has 172 valence electrons. The molecule has 0 aliphatic carbocycles. The number of nitrogens with zero attached hydrogens (tertiary/aromatic N) is 3. The molecule has 0 spiro atoms. The van der Waals surface area contributed by atoms with Gasteiger partial charge in [-0.1, -0.05) is 19.9 Å². The second-order valence-electron chi connectivity index (χ2n) is 9.07. The van der Waals surface area contributed by atoms with Gasteiger partial charge in [0.15, 0.2) is 5.11 Å². The van der Waals surface area contributed by atoms with Gasteiger partial charge in [-0.15, -0.1) is 0 Å². The zero-order chi connectivity index (χ0) is 23.7. The number of carbonyl (C=O) groups is 1. The lowest BCUT2D eigenvalue weighted by molar-refractivity contribution is -0.118. The van der Waals surface area contributed by atoms with Gasteiger partial charge in [0.1, 0.15) is 6.04 Å². The van der Waals surface area contributed by atoms with Crippen molar-refractivity contribution in [3.8, 4) is 0 Å². The van der Waals surface area contributed by atoms with Crippen molar-refractivity contribution in [1.82, 2.24) is 14.9 Å². The first-order valence-corrected chi connectivity index (χ1v) is 11.8. The molecule has 1 amide bonds. The van der Waals surface area contributed by atoms with Gasteiger partial charge in [0.05, 0.1) is 11.7 Å². The van der Waals surface area contributed by atoms with E-state index < -0.39 is 0 Å². The summed E-state index contributed by atoms with van der Waals surface area (Å²) in [5.74, 6) is -0.0705. The van der Waals surface area contributed by atoms with Crippen LogP contribution in [0.25, 0.3) is 0 Å². The Bertz CT molecular complexity index is 1150. The van der Waals surface area contributed by atoms with E-state index in [-0.39, 0.29) is 23.9 Å². The van der Waals surface area contributed by atoms with Crippen LogP contribution in [-0.2, 0) is 4.79 Å². The van der Waals surface area contributed by atoms with Gasteiger partial charge in [0, 0.05) is 41.4 Å². The largest absolute Gasteiger partial charge is 0.351 e. The van der Waals surface area contributed by atoms with Crippen LogP contribution >= 0.6 is 12.2 Å². The quantitative estimate of drug-likeness (QED) is 0.472. The Hall–Kier alpha value is -3.19. The van der Waals surface area contributed by atoms with Gasteiger partial charge in [-0.2, -0.15) is 0 Å². The molecule has 3 aromatic rings. The first kappa shape index (κ1) is 23.0. The minimum atomic E-state index is -0.0910. The zero-order valence-electron chi connectivity index (χ0n) is 19.7. The van der Waals surface area contributed by atoms with Gasteiger partial charge < -0.3 is 20.1 Å². The Balaban J connectivity index is 1.77. The van der Waals surface area contributed by atoms with Gasteiger partial charge in [0.25, 0.3) is 0 Å². The molecule has 33 heavy (non-hydrogen) atoms. The second-order valence-corrected chi connectivity index (χ2v) is 9.46. The summed E-state index contributed by atoms with van der Waals surface area (Å²) in [5.41, 5.74) is 4.90. The molecule has 1 aliphatic heterocycles. The summed E-state index contributed by atoms with van der Waals surface area (Å²) >= 11 is 5.85. The molecule has 2 aromatic heterocycles. The van der Waals surface area contributed by atoms with Crippen LogP contribution in [0.4, 0.5) is 11.4 Å². The predicted molar refractivity (Wildman–Crippen MR) is 137 cm³/mol. The van der Waals surface area contributed by atoms with Crippen molar-refractivity contribution in [2.45, 2.75) is 52.7 Å². The highest BCUT2D eigenvalue weighted by atomic mass is 32.1. The fraction of sp³-hybridized carbons (Fsp3) is 0.346. The number of anilines is 2. The van der Waals surface area contributed by atoms with Gasteiger partial charge in [0.2, 0.25) is 5.91 Å². The van der Waals surface area contributed by atoms with E-state index in [1.54, 1.807) is 0 Å². The Kier molecular flexibility index (Phi) is 6.51. The Morgan fingerprint density at radius 3 is 2.55 bits per heavy atom. The second kappa shape index (κ2) is 9.35. The highest BCUT2D eigenvalue weighted by Crippen LogP contribution is 2.42. The summed E-state index contributed by atoms with van der Waals surface area (Å²) in [6, 6.07) is 16.4. The minimum Gasteiger partial charge on any atom is -0.351 e. The summed E-state index contributed by atoms with van der Waals surface area (Å²) in [6.45, 7) is 10.1. The summed E-state index contributed by atoms with van der Waals surface area (Å²) in [7, 11) is 0. The molecule has 3 heterocycles. The highest BCUT2D eigenvalue weighted by molar-refractivity contribution is 7.80. The summed E-state index contributed by atoms with van der Waals surface area (Å²) < 4.78 is 2.29. The summed E-state index contributed by atoms with van der Waals surface area (Å²) in [4.78, 5) is 19.0. The molecule has 0 radical (unpaired) electrons. The van der Waals surface area contributed by atoms with Crippen LogP contribution in [0.5, 0.6) is 0 Å².